The maximum atomic E-state index is 11.8. The number of amides is 2. The quantitative estimate of drug-likeness (QED) is 0.757. The minimum Gasteiger partial charge on any atom is -0.493 e. The van der Waals surface area contributed by atoms with Gasteiger partial charge in [-0.2, -0.15) is 0 Å². The van der Waals surface area contributed by atoms with Crippen LogP contribution in [0.25, 0.3) is 0 Å². The smallest absolute Gasteiger partial charge is 0.315 e. The van der Waals surface area contributed by atoms with Gasteiger partial charge in [0, 0.05) is 17.6 Å². The fraction of sp³-hybridized carbons (Fsp3) is 0.278. The van der Waals surface area contributed by atoms with E-state index in [4.69, 9.17) is 9.47 Å². The molecule has 2 N–H and O–H groups in total. The molecule has 0 heterocycles. The fourth-order valence-corrected chi connectivity index (χ4v) is 2.47. The van der Waals surface area contributed by atoms with E-state index in [9.17, 15) is 4.79 Å². The molecule has 0 aromatic heterocycles. The molecule has 6 heteroatoms. The van der Waals surface area contributed by atoms with E-state index in [-0.39, 0.29) is 6.03 Å². The maximum absolute atomic E-state index is 11.8. The molecule has 0 fully saturated rings. The number of rotatable bonds is 7. The normalized spacial score (nSPS) is 10.1. The molecule has 0 aliphatic rings. The third-order valence-electron chi connectivity index (χ3n) is 3.51. The molecule has 2 aromatic carbocycles. The van der Waals surface area contributed by atoms with Crippen LogP contribution in [0.1, 0.15) is 11.1 Å². The van der Waals surface area contributed by atoms with Crippen molar-refractivity contribution in [3.8, 4) is 11.5 Å². The molecule has 24 heavy (non-hydrogen) atoms. The zero-order valence-corrected chi connectivity index (χ0v) is 15.4. The molecule has 0 atom stereocenters. The number of nitrogens with one attached hydrogen (secondary N) is 2. The predicted octanol–water partition coefficient (Wildman–Crippen LogP) is 3.51. The van der Waals surface area contributed by atoms with Crippen molar-refractivity contribution in [2.24, 2.45) is 0 Å². The van der Waals surface area contributed by atoms with Gasteiger partial charge in [0.05, 0.1) is 14.2 Å². The van der Waals surface area contributed by atoms with E-state index in [1.165, 1.54) is 0 Å². The highest BCUT2D eigenvalue weighted by atomic mass is 79.9. The molecule has 0 saturated heterocycles. The van der Waals surface area contributed by atoms with Gasteiger partial charge in [-0.05, 0) is 41.8 Å². The largest absolute Gasteiger partial charge is 0.493 e. The van der Waals surface area contributed by atoms with Gasteiger partial charge in [-0.3, -0.25) is 0 Å². The van der Waals surface area contributed by atoms with Gasteiger partial charge in [0.15, 0.2) is 11.5 Å². The first-order chi connectivity index (χ1) is 11.6. The van der Waals surface area contributed by atoms with Gasteiger partial charge < -0.3 is 20.1 Å². The van der Waals surface area contributed by atoms with E-state index in [0.29, 0.717) is 31.0 Å². The van der Waals surface area contributed by atoms with Crippen LogP contribution in [0.15, 0.2) is 46.9 Å². The summed E-state index contributed by atoms with van der Waals surface area (Å²) in [5.74, 6) is 1.39. The number of halogens is 1. The zero-order valence-electron chi connectivity index (χ0n) is 13.8. The Morgan fingerprint density at radius 3 is 2.29 bits per heavy atom. The van der Waals surface area contributed by atoms with Gasteiger partial charge in [-0.25, -0.2) is 4.79 Å². The van der Waals surface area contributed by atoms with Crippen molar-refractivity contribution in [1.29, 1.82) is 0 Å². The second kappa shape index (κ2) is 9.17. The minimum atomic E-state index is -0.182. The summed E-state index contributed by atoms with van der Waals surface area (Å²) >= 11 is 3.38. The number of carbonyl (C=O) groups is 1. The molecule has 0 aliphatic heterocycles. The summed E-state index contributed by atoms with van der Waals surface area (Å²) in [6, 6.07) is 13.4. The van der Waals surface area contributed by atoms with Gasteiger partial charge in [0.25, 0.3) is 0 Å². The van der Waals surface area contributed by atoms with Crippen LogP contribution in [0.2, 0.25) is 0 Å². The molecule has 0 spiro atoms. The SMILES string of the molecule is COc1ccc(CCNC(=O)NCc2ccc(Br)cc2)cc1OC. The predicted molar refractivity (Wildman–Crippen MR) is 97.6 cm³/mol. The van der Waals surface area contributed by atoms with Crippen LogP contribution in [0.4, 0.5) is 4.79 Å². The Hall–Kier alpha value is -2.21. The summed E-state index contributed by atoms with van der Waals surface area (Å²) in [6.45, 7) is 1.04. The summed E-state index contributed by atoms with van der Waals surface area (Å²) in [5, 5.41) is 5.68. The zero-order chi connectivity index (χ0) is 17.4. The van der Waals surface area contributed by atoms with Crippen molar-refractivity contribution in [3.05, 3.63) is 58.1 Å². The highest BCUT2D eigenvalue weighted by Gasteiger charge is 2.05. The van der Waals surface area contributed by atoms with Crippen LogP contribution in [0.5, 0.6) is 11.5 Å². The van der Waals surface area contributed by atoms with Crippen LogP contribution < -0.4 is 20.1 Å². The number of benzene rings is 2. The van der Waals surface area contributed by atoms with E-state index in [2.05, 4.69) is 26.6 Å². The van der Waals surface area contributed by atoms with E-state index in [1.54, 1.807) is 14.2 Å². The van der Waals surface area contributed by atoms with Gasteiger partial charge >= 0.3 is 6.03 Å². The summed E-state index contributed by atoms with van der Waals surface area (Å²) in [7, 11) is 3.21. The lowest BCUT2D eigenvalue weighted by atomic mass is 10.1. The van der Waals surface area contributed by atoms with Crippen LogP contribution >= 0.6 is 15.9 Å². The standard InChI is InChI=1S/C18H21BrN2O3/c1-23-16-8-5-13(11-17(16)24-2)9-10-20-18(22)21-12-14-3-6-15(19)7-4-14/h3-8,11H,9-10,12H2,1-2H3,(H2,20,21,22). The van der Waals surface area contributed by atoms with Crippen molar-refractivity contribution in [2.45, 2.75) is 13.0 Å². The molecule has 2 amide bonds. The van der Waals surface area contributed by atoms with E-state index in [1.807, 2.05) is 42.5 Å². The van der Waals surface area contributed by atoms with Gasteiger partial charge in [-0.15, -0.1) is 0 Å². The number of urea groups is 1. The van der Waals surface area contributed by atoms with E-state index in [0.717, 1.165) is 15.6 Å². The van der Waals surface area contributed by atoms with Crippen molar-refractivity contribution in [2.75, 3.05) is 20.8 Å². The first kappa shape index (κ1) is 18.1. The minimum absolute atomic E-state index is 0.182. The molecule has 2 rings (SSSR count). The van der Waals surface area contributed by atoms with E-state index < -0.39 is 0 Å². The Morgan fingerprint density at radius 1 is 0.958 bits per heavy atom. The third-order valence-corrected chi connectivity index (χ3v) is 4.04. The Balaban J connectivity index is 1.75. The maximum Gasteiger partial charge on any atom is 0.315 e. The molecular formula is C18H21BrN2O3. The van der Waals surface area contributed by atoms with Crippen molar-refractivity contribution >= 4 is 22.0 Å². The molecule has 2 aromatic rings. The lowest BCUT2D eigenvalue weighted by Gasteiger charge is -2.10. The second-order valence-electron chi connectivity index (χ2n) is 5.18. The molecule has 0 radical (unpaired) electrons. The number of hydrogen-bond donors (Lipinski definition) is 2. The van der Waals surface area contributed by atoms with Crippen LogP contribution in [0.3, 0.4) is 0 Å². The van der Waals surface area contributed by atoms with Gasteiger partial charge in [-0.1, -0.05) is 34.1 Å². The Kier molecular flexibility index (Phi) is 6.93. The molecule has 0 saturated carbocycles. The first-order valence-corrected chi connectivity index (χ1v) is 8.38. The Bertz CT molecular complexity index is 674. The molecule has 0 aliphatic carbocycles. The number of carbonyl (C=O) groups excluding carboxylic acids is 1. The fourth-order valence-electron chi connectivity index (χ4n) is 2.20. The van der Waals surface area contributed by atoms with Gasteiger partial charge in [0.1, 0.15) is 0 Å². The summed E-state index contributed by atoms with van der Waals surface area (Å²) < 4.78 is 11.5. The lowest BCUT2D eigenvalue weighted by molar-refractivity contribution is 0.240. The summed E-state index contributed by atoms with van der Waals surface area (Å²) in [5.41, 5.74) is 2.12. The number of methoxy groups -OCH3 is 2. The average Bonchev–Trinajstić information content (AvgIpc) is 2.61. The molecular weight excluding hydrogens is 372 g/mol. The number of hydrogen-bond acceptors (Lipinski definition) is 3. The van der Waals surface area contributed by atoms with Crippen LogP contribution in [0, 0.1) is 0 Å². The molecule has 0 bridgehead atoms. The summed E-state index contributed by atoms with van der Waals surface area (Å²) in [6.07, 6.45) is 0.714. The van der Waals surface area contributed by atoms with Gasteiger partial charge in [0.2, 0.25) is 0 Å². The Labute approximate surface area is 150 Å². The topological polar surface area (TPSA) is 59.6 Å². The van der Waals surface area contributed by atoms with Crippen LogP contribution in [-0.4, -0.2) is 26.8 Å². The van der Waals surface area contributed by atoms with Crippen molar-refractivity contribution in [3.63, 3.8) is 0 Å². The third kappa shape index (κ3) is 5.45. The molecule has 128 valence electrons. The molecule has 5 nitrogen and oxygen atoms in total. The lowest BCUT2D eigenvalue weighted by Crippen LogP contribution is -2.36. The Morgan fingerprint density at radius 2 is 1.62 bits per heavy atom. The highest BCUT2D eigenvalue weighted by Crippen LogP contribution is 2.27. The van der Waals surface area contributed by atoms with Crippen molar-refractivity contribution < 1.29 is 14.3 Å². The van der Waals surface area contributed by atoms with Crippen LogP contribution in [-0.2, 0) is 13.0 Å². The number of ether oxygens (including phenoxy) is 2. The van der Waals surface area contributed by atoms with E-state index >= 15 is 0 Å². The average molecular weight is 393 g/mol. The highest BCUT2D eigenvalue weighted by molar-refractivity contribution is 9.10. The first-order valence-electron chi connectivity index (χ1n) is 7.59. The monoisotopic (exact) mass is 392 g/mol. The van der Waals surface area contributed by atoms with Crippen molar-refractivity contribution in [1.82, 2.24) is 10.6 Å². The second-order valence-corrected chi connectivity index (χ2v) is 6.09. The summed E-state index contributed by atoms with van der Waals surface area (Å²) in [4.78, 5) is 11.8. The molecule has 0 unspecified atom stereocenters.